The molecule has 1 fully saturated rings. The molecule has 1 aromatic rings. The molecule has 0 spiro atoms. The van der Waals surface area contributed by atoms with Gasteiger partial charge >= 0.3 is 0 Å². The van der Waals surface area contributed by atoms with Crippen LogP contribution in [0.1, 0.15) is 23.2 Å². The number of hydrogen-bond acceptors (Lipinski definition) is 2. The fourth-order valence-corrected chi connectivity index (χ4v) is 2.24. The monoisotopic (exact) mass is 253 g/mol. The summed E-state index contributed by atoms with van der Waals surface area (Å²) < 4.78 is 0.886. The lowest BCUT2D eigenvalue weighted by Gasteiger charge is -2.17. The van der Waals surface area contributed by atoms with Crippen LogP contribution in [0.5, 0.6) is 0 Å². The third-order valence-electron chi connectivity index (χ3n) is 2.58. The standard InChI is InChI=1S/C11H12BrNO/c12-11-7-10(4-3-9(11)8-14)13-5-1-2-6-13/h3-4,7-8H,1-2,5-6H2. The fraction of sp³-hybridized carbons (Fsp3) is 0.364. The molecule has 1 aromatic carbocycles. The van der Waals surface area contributed by atoms with Crippen LogP contribution in [0, 0.1) is 0 Å². The first-order valence-corrected chi connectivity index (χ1v) is 5.60. The molecular weight excluding hydrogens is 242 g/mol. The molecule has 0 aromatic heterocycles. The predicted molar refractivity (Wildman–Crippen MR) is 61.0 cm³/mol. The van der Waals surface area contributed by atoms with Gasteiger partial charge in [-0.1, -0.05) is 0 Å². The molecule has 0 unspecified atom stereocenters. The van der Waals surface area contributed by atoms with Gasteiger partial charge in [-0.2, -0.15) is 0 Å². The predicted octanol–water partition coefficient (Wildman–Crippen LogP) is 2.86. The minimum absolute atomic E-state index is 0.716. The zero-order valence-electron chi connectivity index (χ0n) is 7.87. The van der Waals surface area contributed by atoms with Gasteiger partial charge in [0.25, 0.3) is 0 Å². The number of carbonyl (C=O) groups is 1. The maximum Gasteiger partial charge on any atom is 0.151 e. The van der Waals surface area contributed by atoms with Gasteiger partial charge in [0.15, 0.2) is 6.29 Å². The number of benzene rings is 1. The van der Waals surface area contributed by atoms with Crippen LogP contribution in [0.2, 0.25) is 0 Å². The summed E-state index contributed by atoms with van der Waals surface area (Å²) in [5, 5.41) is 0. The van der Waals surface area contributed by atoms with E-state index in [0.29, 0.717) is 5.56 Å². The van der Waals surface area contributed by atoms with E-state index >= 15 is 0 Å². The molecule has 0 radical (unpaired) electrons. The van der Waals surface area contributed by atoms with E-state index in [-0.39, 0.29) is 0 Å². The van der Waals surface area contributed by atoms with Crippen molar-refractivity contribution in [3.05, 3.63) is 28.2 Å². The third kappa shape index (κ3) is 1.82. The zero-order valence-corrected chi connectivity index (χ0v) is 9.46. The van der Waals surface area contributed by atoms with Crippen molar-refractivity contribution in [2.24, 2.45) is 0 Å². The first-order valence-electron chi connectivity index (χ1n) is 4.81. The Labute approximate surface area is 92.0 Å². The third-order valence-corrected chi connectivity index (χ3v) is 3.27. The highest BCUT2D eigenvalue weighted by Gasteiger charge is 2.12. The van der Waals surface area contributed by atoms with Gasteiger partial charge in [0.1, 0.15) is 0 Å². The topological polar surface area (TPSA) is 20.3 Å². The quantitative estimate of drug-likeness (QED) is 0.756. The van der Waals surface area contributed by atoms with Crippen molar-refractivity contribution in [2.45, 2.75) is 12.8 Å². The highest BCUT2D eigenvalue weighted by molar-refractivity contribution is 9.10. The highest BCUT2D eigenvalue weighted by Crippen LogP contribution is 2.25. The Morgan fingerprint density at radius 2 is 2.00 bits per heavy atom. The fourth-order valence-electron chi connectivity index (χ4n) is 1.78. The van der Waals surface area contributed by atoms with E-state index < -0.39 is 0 Å². The number of hydrogen-bond donors (Lipinski definition) is 0. The lowest BCUT2D eigenvalue weighted by molar-refractivity contribution is 0.112. The minimum Gasteiger partial charge on any atom is -0.372 e. The molecule has 0 bridgehead atoms. The maximum atomic E-state index is 10.6. The molecule has 1 aliphatic heterocycles. The van der Waals surface area contributed by atoms with E-state index in [1.54, 1.807) is 0 Å². The van der Waals surface area contributed by atoms with Crippen molar-refractivity contribution in [3.63, 3.8) is 0 Å². The summed E-state index contributed by atoms with van der Waals surface area (Å²) in [5.41, 5.74) is 1.92. The van der Waals surface area contributed by atoms with Crippen molar-refractivity contribution in [3.8, 4) is 0 Å². The summed E-state index contributed by atoms with van der Waals surface area (Å²) in [6.45, 7) is 2.26. The Kier molecular flexibility index (Phi) is 2.87. The smallest absolute Gasteiger partial charge is 0.151 e. The van der Waals surface area contributed by atoms with Crippen LogP contribution in [-0.2, 0) is 0 Å². The lowest BCUT2D eigenvalue weighted by atomic mass is 10.2. The Balaban J connectivity index is 2.27. The number of nitrogens with zero attached hydrogens (tertiary/aromatic N) is 1. The molecule has 2 nitrogen and oxygen atoms in total. The molecule has 0 aliphatic carbocycles. The van der Waals surface area contributed by atoms with E-state index in [4.69, 9.17) is 0 Å². The second-order valence-electron chi connectivity index (χ2n) is 3.52. The van der Waals surface area contributed by atoms with Gasteiger partial charge < -0.3 is 4.90 Å². The summed E-state index contributed by atoms with van der Waals surface area (Å²) in [6, 6.07) is 5.90. The van der Waals surface area contributed by atoms with Crippen LogP contribution in [0.3, 0.4) is 0 Å². The first kappa shape index (κ1) is 9.71. The number of carbonyl (C=O) groups excluding carboxylic acids is 1. The van der Waals surface area contributed by atoms with Crippen molar-refractivity contribution in [2.75, 3.05) is 18.0 Å². The first-order chi connectivity index (χ1) is 6.81. The van der Waals surface area contributed by atoms with E-state index in [0.717, 1.165) is 23.8 Å². The normalized spacial score (nSPS) is 15.9. The van der Waals surface area contributed by atoms with E-state index in [1.165, 1.54) is 18.5 Å². The van der Waals surface area contributed by atoms with Crippen molar-refractivity contribution in [1.29, 1.82) is 0 Å². The molecule has 0 amide bonds. The van der Waals surface area contributed by atoms with Gasteiger partial charge in [-0.15, -0.1) is 0 Å². The van der Waals surface area contributed by atoms with Crippen molar-refractivity contribution in [1.82, 2.24) is 0 Å². The van der Waals surface area contributed by atoms with Crippen molar-refractivity contribution < 1.29 is 4.79 Å². The molecular formula is C11H12BrNO. The Bertz CT molecular complexity index is 345. The maximum absolute atomic E-state index is 10.6. The van der Waals surface area contributed by atoms with Crippen LogP contribution in [0.4, 0.5) is 5.69 Å². The van der Waals surface area contributed by atoms with Gasteiger partial charge in [0, 0.05) is 28.8 Å². The average molecular weight is 254 g/mol. The Morgan fingerprint density at radius 1 is 1.29 bits per heavy atom. The van der Waals surface area contributed by atoms with Gasteiger partial charge in [0.05, 0.1) is 0 Å². The summed E-state index contributed by atoms with van der Waals surface area (Å²) in [6.07, 6.45) is 3.41. The summed E-state index contributed by atoms with van der Waals surface area (Å²) in [5.74, 6) is 0. The van der Waals surface area contributed by atoms with Crippen LogP contribution >= 0.6 is 15.9 Å². The summed E-state index contributed by atoms with van der Waals surface area (Å²) >= 11 is 3.40. The van der Waals surface area contributed by atoms with Gasteiger partial charge in [-0.05, 0) is 47.0 Å². The van der Waals surface area contributed by atoms with Crippen molar-refractivity contribution >= 4 is 27.9 Å². The molecule has 0 atom stereocenters. The largest absolute Gasteiger partial charge is 0.372 e. The SMILES string of the molecule is O=Cc1ccc(N2CCCC2)cc1Br. The molecule has 74 valence electrons. The molecule has 1 aliphatic rings. The Morgan fingerprint density at radius 3 is 2.57 bits per heavy atom. The van der Waals surface area contributed by atoms with Crippen LogP contribution in [-0.4, -0.2) is 19.4 Å². The second-order valence-corrected chi connectivity index (χ2v) is 4.37. The second kappa shape index (κ2) is 4.13. The van der Waals surface area contributed by atoms with Crippen LogP contribution < -0.4 is 4.90 Å². The van der Waals surface area contributed by atoms with Gasteiger partial charge in [0.2, 0.25) is 0 Å². The average Bonchev–Trinajstić information content (AvgIpc) is 2.70. The van der Waals surface area contributed by atoms with E-state index in [1.807, 2.05) is 18.2 Å². The number of rotatable bonds is 2. The van der Waals surface area contributed by atoms with E-state index in [9.17, 15) is 4.79 Å². The molecule has 0 saturated carbocycles. The zero-order chi connectivity index (χ0) is 9.97. The number of aldehydes is 1. The van der Waals surface area contributed by atoms with Crippen LogP contribution in [0.15, 0.2) is 22.7 Å². The molecule has 0 N–H and O–H groups in total. The number of halogens is 1. The minimum atomic E-state index is 0.716. The molecule has 1 heterocycles. The van der Waals surface area contributed by atoms with Gasteiger partial charge in [-0.25, -0.2) is 0 Å². The lowest BCUT2D eigenvalue weighted by Crippen LogP contribution is -2.17. The molecule has 3 heteroatoms. The number of anilines is 1. The highest BCUT2D eigenvalue weighted by atomic mass is 79.9. The summed E-state index contributed by atoms with van der Waals surface area (Å²) in [7, 11) is 0. The van der Waals surface area contributed by atoms with E-state index in [2.05, 4.69) is 20.8 Å². The van der Waals surface area contributed by atoms with Gasteiger partial charge in [-0.3, -0.25) is 4.79 Å². The Hall–Kier alpha value is -0.830. The molecule has 1 saturated heterocycles. The summed E-state index contributed by atoms with van der Waals surface area (Å²) in [4.78, 5) is 13.0. The van der Waals surface area contributed by atoms with Crippen LogP contribution in [0.25, 0.3) is 0 Å². The molecule has 14 heavy (non-hydrogen) atoms. The molecule has 2 rings (SSSR count).